The van der Waals surface area contributed by atoms with Crippen molar-refractivity contribution < 1.29 is 18.3 Å². The van der Waals surface area contributed by atoms with Gasteiger partial charge in [0.05, 0.1) is 12.6 Å². The van der Waals surface area contributed by atoms with Crippen molar-refractivity contribution in [3.63, 3.8) is 0 Å². The molecule has 0 aliphatic carbocycles. The summed E-state index contributed by atoms with van der Waals surface area (Å²) < 4.78 is 35.4. The Morgan fingerprint density at radius 3 is 2.56 bits per heavy atom. The van der Waals surface area contributed by atoms with Gasteiger partial charge in [0, 0.05) is 28.4 Å². The molecule has 8 heteroatoms. The number of nitrogens with zero attached hydrogens (tertiary/aromatic N) is 1. The van der Waals surface area contributed by atoms with Crippen LogP contribution in [-0.2, 0) is 4.79 Å². The number of halogens is 3. The van der Waals surface area contributed by atoms with E-state index in [1.165, 1.54) is 24.1 Å². The second-order valence-corrected chi connectivity index (χ2v) is 10.2. The molecule has 0 radical (unpaired) electrons. The summed E-state index contributed by atoms with van der Waals surface area (Å²) in [5.41, 5.74) is -0.622. The fourth-order valence-corrected chi connectivity index (χ4v) is 4.57. The molecule has 1 aliphatic heterocycles. The number of carbonyl (C=O) groups excluding carboxylic acids is 1. The van der Waals surface area contributed by atoms with Crippen molar-refractivity contribution in [2.24, 2.45) is 5.41 Å². The monoisotopic (exact) mass is 482 g/mol. The molecule has 0 unspecified atom stereocenters. The third-order valence-corrected chi connectivity index (χ3v) is 6.84. The van der Waals surface area contributed by atoms with Crippen molar-refractivity contribution in [2.45, 2.75) is 50.2 Å². The molecular weight excluding hydrogens is 454 g/mol. The van der Waals surface area contributed by atoms with E-state index in [9.17, 15) is 13.6 Å². The Morgan fingerprint density at radius 1 is 1.22 bits per heavy atom. The molecule has 4 nitrogen and oxygen atoms in total. The number of amides is 1. The number of benzene rings is 2. The van der Waals surface area contributed by atoms with Crippen LogP contribution in [0.3, 0.4) is 0 Å². The van der Waals surface area contributed by atoms with Crippen molar-refractivity contribution in [3.8, 4) is 5.75 Å². The van der Waals surface area contributed by atoms with Crippen LogP contribution in [0.5, 0.6) is 5.75 Å². The number of piperidine rings is 1. The van der Waals surface area contributed by atoms with E-state index in [0.717, 1.165) is 10.6 Å². The molecule has 2 aromatic carbocycles. The third kappa shape index (κ3) is 7.36. The summed E-state index contributed by atoms with van der Waals surface area (Å²) in [6, 6.07) is 12.8. The Kier molecular flexibility index (Phi) is 8.79. The zero-order chi connectivity index (χ0) is 23.1. The molecule has 3 rings (SSSR count). The topological polar surface area (TPSA) is 41.6 Å². The van der Waals surface area contributed by atoms with Gasteiger partial charge in [0.25, 0.3) is 0 Å². The van der Waals surface area contributed by atoms with Gasteiger partial charge in [-0.1, -0.05) is 25.4 Å². The van der Waals surface area contributed by atoms with Gasteiger partial charge in [-0.25, -0.2) is 13.1 Å². The SMILES string of the molecule is CC(C)(CCCOc1ccc(Cl)cc1)C(=O)N[C@@H]1CCN(Sc2ccc(F)cc2)C[C@@H]1F. The van der Waals surface area contributed by atoms with Gasteiger partial charge in [-0.05, 0) is 79.7 Å². The van der Waals surface area contributed by atoms with Gasteiger partial charge in [0.1, 0.15) is 17.7 Å². The molecule has 0 saturated carbocycles. The van der Waals surface area contributed by atoms with Gasteiger partial charge in [-0.3, -0.25) is 4.79 Å². The first-order chi connectivity index (χ1) is 15.2. The lowest BCUT2D eigenvalue weighted by atomic mass is 9.86. The summed E-state index contributed by atoms with van der Waals surface area (Å²) in [5.74, 6) is 0.303. The van der Waals surface area contributed by atoms with E-state index in [4.69, 9.17) is 16.3 Å². The van der Waals surface area contributed by atoms with E-state index in [2.05, 4.69) is 5.32 Å². The highest BCUT2D eigenvalue weighted by molar-refractivity contribution is 7.97. The average Bonchev–Trinajstić information content (AvgIpc) is 2.76. The van der Waals surface area contributed by atoms with Gasteiger partial charge in [-0.2, -0.15) is 0 Å². The van der Waals surface area contributed by atoms with Gasteiger partial charge in [-0.15, -0.1) is 0 Å². The number of rotatable bonds is 9. The molecule has 2 aromatic rings. The molecule has 32 heavy (non-hydrogen) atoms. The normalized spacial score (nSPS) is 19.5. The van der Waals surface area contributed by atoms with E-state index in [0.29, 0.717) is 37.4 Å². The molecule has 1 aliphatic rings. The Morgan fingerprint density at radius 2 is 1.91 bits per heavy atom. The van der Waals surface area contributed by atoms with Crippen LogP contribution >= 0.6 is 23.5 Å². The number of alkyl halides is 1. The standard InChI is InChI=1S/C24H29ClF2N2O2S/c1-24(2,13-3-15-31-19-8-4-17(25)5-9-19)23(30)28-22-12-14-29(16-21(22)27)32-20-10-6-18(26)7-11-20/h4-11,21-22H,3,12-16H2,1-2H3,(H,28,30)/t21-,22+/m0/s1. The maximum atomic E-state index is 14.8. The molecule has 0 bridgehead atoms. The summed E-state index contributed by atoms with van der Waals surface area (Å²) in [5, 5.41) is 3.56. The molecule has 1 heterocycles. The van der Waals surface area contributed by atoms with Crippen LogP contribution in [0.2, 0.25) is 5.02 Å². The third-order valence-electron chi connectivity index (χ3n) is 5.51. The largest absolute Gasteiger partial charge is 0.494 e. The number of carbonyl (C=O) groups is 1. The van der Waals surface area contributed by atoms with Crippen LogP contribution in [0.4, 0.5) is 8.78 Å². The highest BCUT2D eigenvalue weighted by Crippen LogP contribution is 2.29. The number of hydrogen-bond acceptors (Lipinski definition) is 4. The van der Waals surface area contributed by atoms with Crippen LogP contribution in [-0.4, -0.2) is 42.1 Å². The van der Waals surface area contributed by atoms with Crippen LogP contribution < -0.4 is 10.1 Å². The van der Waals surface area contributed by atoms with Crippen LogP contribution in [0.25, 0.3) is 0 Å². The quantitative estimate of drug-likeness (QED) is 0.357. The Labute approximate surface area is 197 Å². The van der Waals surface area contributed by atoms with Crippen LogP contribution in [0.1, 0.15) is 33.1 Å². The summed E-state index contributed by atoms with van der Waals surface area (Å²) in [6.45, 7) is 5.09. The first-order valence-corrected chi connectivity index (χ1v) is 11.9. The lowest BCUT2D eigenvalue weighted by Crippen LogP contribution is -2.53. The molecule has 0 spiro atoms. The average molecular weight is 483 g/mol. The van der Waals surface area contributed by atoms with Gasteiger partial charge in [0.15, 0.2) is 0 Å². The Balaban J connectivity index is 1.40. The minimum Gasteiger partial charge on any atom is -0.494 e. The Bertz CT molecular complexity index is 881. The van der Waals surface area contributed by atoms with E-state index in [1.807, 2.05) is 30.3 Å². The van der Waals surface area contributed by atoms with Crippen molar-refractivity contribution in [1.29, 1.82) is 0 Å². The number of nitrogens with one attached hydrogen (secondary N) is 1. The Hall–Kier alpha value is -1.83. The van der Waals surface area contributed by atoms with Gasteiger partial charge >= 0.3 is 0 Å². The fourth-order valence-electron chi connectivity index (χ4n) is 3.48. The van der Waals surface area contributed by atoms with Crippen LogP contribution in [0.15, 0.2) is 53.4 Å². The zero-order valence-electron chi connectivity index (χ0n) is 18.3. The van der Waals surface area contributed by atoms with Crippen molar-refractivity contribution >= 4 is 29.5 Å². The predicted molar refractivity (Wildman–Crippen MR) is 125 cm³/mol. The van der Waals surface area contributed by atoms with E-state index in [-0.39, 0.29) is 18.3 Å². The molecule has 2 atom stereocenters. The number of ether oxygens (including phenoxy) is 1. The highest BCUT2D eigenvalue weighted by Gasteiger charge is 2.35. The lowest BCUT2D eigenvalue weighted by Gasteiger charge is -2.36. The van der Waals surface area contributed by atoms with E-state index >= 15 is 0 Å². The fraction of sp³-hybridized carbons (Fsp3) is 0.458. The van der Waals surface area contributed by atoms with Crippen molar-refractivity contribution in [3.05, 3.63) is 59.4 Å². The molecule has 1 saturated heterocycles. The second kappa shape index (κ2) is 11.3. The molecule has 1 amide bonds. The lowest BCUT2D eigenvalue weighted by molar-refractivity contribution is -0.131. The summed E-state index contributed by atoms with van der Waals surface area (Å²) in [6.07, 6.45) is 0.693. The number of hydrogen-bond donors (Lipinski definition) is 1. The van der Waals surface area contributed by atoms with Crippen LogP contribution in [0, 0.1) is 11.2 Å². The molecule has 0 aromatic heterocycles. The maximum absolute atomic E-state index is 14.8. The highest BCUT2D eigenvalue weighted by atomic mass is 35.5. The minimum atomic E-state index is -1.16. The first kappa shape index (κ1) is 24.8. The van der Waals surface area contributed by atoms with Crippen molar-refractivity contribution in [1.82, 2.24) is 9.62 Å². The van der Waals surface area contributed by atoms with E-state index in [1.54, 1.807) is 24.3 Å². The second-order valence-electron chi connectivity index (χ2n) is 8.61. The molecule has 174 valence electrons. The van der Waals surface area contributed by atoms with Crippen molar-refractivity contribution in [2.75, 3.05) is 19.7 Å². The maximum Gasteiger partial charge on any atom is 0.225 e. The minimum absolute atomic E-state index is 0.142. The summed E-state index contributed by atoms with van der Waals surface area (Å²) >= 11 is 7.27. The van der Waals surface area contributed by atoms with E-state index < -0.39 is 17.6 Å². The van der Waals surface area contributed by atoms with Gasteiger partial charge < -0.3 is 10.1 Å². The molecule has 1 fully saturated rings. The summed E-state index contributed by atoms with van der Waals surface area (Å²) in [7, 11) is 0. The molecular formula is C24H29ClF2N2O2S. The smallest absolute Gasteiger partial charge is 0.225 e. The first-order valence-electron chi connectivity index (χ1n) is 10.7. The van der Waals surface area contributed by atoms with Gasteiger partial charge in [0.2, 0.25) is 5.91 Å². The zero-order valence-corrected chi connectivity index (χ0v) is 19.9. The summed E-state index contributed by atoms with van der Waals surface area (Å²) in [4.78, 5) is 13.7. The predicted octanol–water partition coefficient (Wildman–Crippen LogP) is 5.90. The molecule has 1 N–H and O–H groups in total.